The van der Waals surface area contributed by atoms with E-state index in [-0.39, 0.29) is 23.2 Å². The van der Waals surface area contributed by atoms with E-state index in [0.29, 0.717) is 5.76 Å². The van der Waals surface area contributed by atoms with Crippen LogP contribution in [0.1, 0.15) is 12.7 Å². The fourth-order valence-electron chi connectivity index (χ4n) is 1.88. The summed E-state index contributed by atoms with van der Waals surface area (Å²) in [6, 6.07) is 4.39. The van der Waals surface area contributed by atoms with Crippen LogP contribution in [0.2, 0.25) is 0 Å². The molecule has 2 amide bonds. The van der Waals surface area contributed by atoms with Crippen LogP contribution in [0, 0.1) is 18.6 Å². The lowest BCUT2D eigenvalue weighted by molar-refractivity contribution is -0.144. The summed E-state index contributed by atoms with van der Waals surface area (Å²) in [6.07, 6.45) is 0. The number of hydrogen-bond donors (Lipinski definition) is 2. The summed E-state index contributed by atoms with van der Waals surface area (Å²) >= 11 is 1.01. The van der Waals surface area contributed by atoms with Gasteiger partial charge in [-0.05, 0) is 26.0 Å². The maximum absolute atomic E-state index is 13.1. The molecule has 0 radical (unpaired) electrons. The number of anilines is 2. The highest BCUT2D eigenvalue weighted by atomic mass is 32.2. The largest absolute Gasteiger partial charge is 0.455 e. The number of halogens is 2. The molecule has 11 heteroatoms. The van der Waals surface area contributed by atoms with Gasteiger partial charge >= 0.3 is 5.97 Å². The maximum atomic E-state index is 13.1. The third-order valence-corrected chi connectivity index (χ3v) is 4.38. The number of esters is 1. The Bertz CT molecular complexity index is 874. The van der Waals surface area contributed by atoms with E-state index >= 15 is 0 Å². The number of carbonyl (C=O) groups excluding carboxylic acids is 3. The lowest BCUT2D eigenvalue weighted by Crippen LogP contribution is -2.25. The smallest absolute Gasteiger partial charge is 0.316 e. The highest BCUT2D eigenvalue weighted by molar-refractivity contribution is 8.01. The molecule has 28 heavy (non-hydrogen) atoms. The van der Waals surface area contributed by atoms with Gasteiger partial charge in [-0.3, -0.25) is 14.4 Å². The summed E-state index contributed by atoms with van der Waals surface area (Å²) in [6.45, 7) is 2.67. The summed E-state index contributed by atoms with van der Waals surface area (Å²) < 4.78 is 35.5. The number of benzene rings is 1. The molecule has 1 heterocycles. The van der Waals surface area contributed by atoms with Crippen molar-refractivity contribution in [1.82, 2.24) is 5.16 Å². The summed E-state index contributed by atoms with van der Waals surface area (Å²) in [5.74, 6) is -3.30. The van der Waals surface area contributed by atoms with E-state index in [2.05, 4.69) is 15.8 Å². The number of amides is 2. The van der Waals surface area contributed by atoms with Crippen LogP contribution in [0.15, 0.2) is 28.8 Å². The minimum atomic E-state index is -1.11. The van der Waals surface area contributed by atoms with Gasteiger partial charge in [-0.2, -0.15) is 0 Å². The van der Waals surface area contributed by atoms with Crippen LogP contribution in [0.5, 0.6) is 0 Å². The topological polar surface area (TPSA) is 111 Å². The second-order valence-corrected chi connectivity index (χ2v) is 6.93. The van der Waals surface area contributed by atoms with Crippen molar-refractivity contribution in [3.63, 3.8) is 0 Å². The number of thioether (sulfide) groups is 1. The fraction of sp³-hybridized carbons (Fsp3) is 0.294. The molecule has 0 fully saturated rings. The van der Waals surface area contributed by atoms with E-state index in [9.17, 15) is 23.2 Å². The first-order valence-corrected chi connectivity index (χ1v) is 9.06. The first-order valence-electron chi connectivity index (χ1n) is 8.01. The molecule has 0 saturated carbocycles. The molecular weight excluding hydrogens is 396 g/mol. The van der Waals surface area contributed by atoms with E-state index in [1.165, 1.54) is 6.07 Å². The second-order valence-electron chi connectivity index (χ2n) is 5.60. The molecule has 1 aromatic carbocycles. The van der Waals surface area contributed by atoms with Gasteiger partial charge in [-0.1, -0.05) is 5.16 Å². The minimum Gasteiger partial charge on any atom is -0.455 e. The number of nitrogens with one attached hydrogen (secondary N) is 2. The second kappa shape index (κ2) is 9.83. The zero-order valence-electron chi connectivity index (χ0n) is 15.0. The van der Waals surface area contributed by atoms with Crippen LogP contribution in [-0.2, 0) is 19.1 Å². The predicted octanol–water partition coefficient (Wildman–Crippen LogP) is 2.50. The quantitative estimate of drug-likeness (QED) is 0.640. The van der Waals surface area contributed by atoms with Crippen LogP contribution in [0.3, 0.4) is 0 Å². The Hall–Kier alpha value is -2.95. The first-order chi connectivity index (χ1) is 13.2. The average molecular weight is 413 g/mol. The van der Waals surface area contributed by atoms with Gasteiger partial charge in [0, 0.05) is 17.8 Å². The van der Waals surface area contributed by atoms with E-state index in [0.717, 1.165) is 23.9 Å². The predicted molar refractivity (Wildman–Crippen MR) is 97.7 cm³/mol. The molecular formula is C17H17F2N3O5S. The van der Waals surface area contributed by atoms with Gasteiger partial charge in [-0.15, -0.1) is 11.8 Å². The van der Waals surface area contributed by atoms with Crippen molar-refractivity contribution >= 4 is 41.1 Å². The fourth-order valence-corrected chi connectivity index (χ4v) is 2.56. The van der Waals surface area contributed by atoms with E-state index in [1.54, 1.807) is 19.9 Å². The third kappa shape index (κ3) is 6.65. The van der Waals surface area contributed by atoms with Crippen LogP contribution in [0.25, 0.3) is 0 Å². The molecule has 1 aromatic heterocycles. The zero-order chi connectivity index (χ0) is 20.7. The molecule has 2 rings (SSSR count). The van der Waals surface area contributed by atoms with Crippen LogP contribution in [-0.4, -0.2) is 40.6 Å². The Morgan fingerprint density at radius 2 is 1.96 bits per heavy atom. The number of aryl methyl sites for hydroxylation is 1. The molecule has 150 valence electrons. The van der Waals surface area contributed by atoms with Gasteiger partial charge in [0.1, 0.15) is 5.76 Å². The van der Waals surface area contributed by atoms with Gasteiger partial charge in [0.05, 0.1) is 11.0 Å². The van der Waals surface area contributed by atoms with Crippen LogP contribution >= 0.6 is 11.8 Å². The molecule has 2 aromatic rings. The van der Waals surface area contributed by atoms with Crippen molar-refractivity contribution < 1.29 is 32.4 Å². The Morgan fingerprint density at radius 1 is 1.21 bits per heavy atom. The molecule has 0 aliphatic rings. The maximum Gasteiger partial charge on any atom is 0.316 e. The Balaban J connectivity index is 1.69. The van der Waals surface area contributed by atoms with Crippen molar-refractivity contribution in [3.8, 4) is 0 Å². The minimum absolute atomic E-state index is 0.0303. The summed E-state index contributed by atoms with van der Waals surface area (Å²) in [7, 11) is 0. The SMILES string of the molecule is Cc1cc(NC(=O)[C@@H](C)SCC(=O)OCC(=O)Nc2ccc(F)c(F)c2)no1. The number of carbonyl (C=O) groups is 3. The van der Waals surface area contributed by atoms with E-state index < -0.39 is 35.4 Å². The van der Waals surface area contributed by atoms with Gasteiger partial charge in [0.2, 0.25) is 5.91 Å². The molecule has 0 bridgehead atoms. The lowest BCUT2D eigenvalue weighted by atomic mass is 10.3. The van der Waals surface area contributed by atoms with Crippen molar-refractivity contribution in [3.05, 3.63) is 41.7 Å². The summed E-state index contributed by atoms with van der Waals surface area (Å²) in [4.78, 5) is 35.3. The van der Waals surface area contributed by atoms with Gasteiger partial charge in [-0.25, -0.2) is 8.78 Å². The number of ether oxygens (including phenoxy) is 1. The lowest BCUT2D eigenvalue weighted by Gasteiger charge is -2.10. The Labute approximate surface area is 163 Å². The Morgan fingerprint density at radius 3 is 2.61 bits per heavy atom. The number of aromatic nitrogens is 1. The molecule has 2 N–H and O–H groups in total. The molecule has 0 aliphatic heterocycles. The highest BCUT2D eigenvalue weighted by Crippen LogP contribution is 2.15. The summed E-state index contributed by atoms with van der Waals surface area (Å²) in [5, 5.41) is 7.85. The molecule has 0 saturated heterocycles. The monoisotopic (exact) mass is 413 g/mol. The van der Waals surface area contributed by atoms with Gasteiger partial charge < -0.3 is 19.9 Å². The summed E-state index contributed by atoms with van der Waals surface area (Å²) in [5.41, 5.74) is 0.0303. The number of rotatable bonds is 8. The van der Waals surface area contributed by atoms with Gasteiger partial charge in [0.15, 0.2) is 24.1 Å². The van der Waals surface area contributed by atoms with E-state index in [1.807, 2.05) is 0 Å². The standard InChI is InChI=1S/C17H17F2N3O5S/c1-9-5-14(22-27-9)21-17(25)10(2)28-8-16(24)26-7-15(23)20-11-3-4-12(18)13(19)6-11/h3-6,10H,7-8H2,1-2H3,(H,20,23)(H,21,22,25)/t10-/m1/s1. The molecule has 0 spiro atoms. The van der Waals surface area contributed by atoms with Crippen molar-refractivity contribution in [2.24, 2.45) is 0 Å². The number of hydrogen-bond acceptors (Lipinski definition) is 7. The number of nitrogens with zero attached hydrogens (tertiary/aromatic N) is 1. The first kappa shape index (κ1) is 21.4. The zero-order valence-corrected chi connectivity index (χ0v) is 15.8. The normalized spacial score (nSPS) is 11.6. The van der Waals surface area contributed by atoms with Crippen molar-refractivity contribution in [2.45, 2.75) is 19.1 Å². The Kier molecular flexibility index (Phi) is 7.50. The highest BCUT2D eigenvalue weighted by Gasteiger charge is 2.18. The van der Waals surface area contributed by atoms with Crippen molar-refractivity contribution in [1.29, 1.82) is 0 Å². The van der Waals surface area contributed by atoms with Gasteiger partial charge in [0.25, 0.3) is 5.91 Å². The average Bonchev–Trinajstić information content (AvgIpc) is 3.05. The van der Waals surface area contributed by atoms with E-state index in [4.69, 9.17) is 9.26 Å². The molecule has 0 unspecified atom stereocenters. The third-order valence-electron chi connectivity index (χ3n) is 3.27. The molecule has 0 aliphatic carbocycles. The molecule has 1 atom stereocenters. The van der Waals surface area contributed by atoms with Crippen LogP contribution < -0.4 is 10.6 Å². The van der Waals surface area contributed by atoms with Crippen molar-refractivity contribution in [2.75, 3.05) is 23.0 Å². The van der Waals surface area contributed by atoms with Crippen LogP contribution in [0.4, 0.5) is 20.3 Å². The molecule has 8 nitrogen and oxygen atoms in total.